The summed E-state index contributed by atoms with van der Waals surface area (Å²) in [5.41, 5.74) is 7.64. The fraction of sp³-hybridized carbons (Fsp3) is 0.190. The van der Waals surface area contributed by atoms with Crippen molar-refractivity contribution in [1.29, 1.82) is 0 Å². The molecule has 8 heteroatoms. The molecular weight excluding hydrogens is 373 g/mol. The van der Waals surface area contributed by atoms with Crippen LogP contribution in [0.1, 0.15) is 11.1 Å². The van der Waals surface area contributed by atoms with Gasteiger partial charge in [0.25, 0.3) is 6.02 Å². The molecule has 2 aliphatic heterocycles. The third-order valence-electron chi connectivity index (χ3n) is 5.20. The molecule has 1 spiro atoms. The minimum absolute atomic E-state index is 0.102. The Bertz CT molecular complexity index is 1160. The number of rotatable bonds is 2. The van der Waals surface area contributed by atoms with Crippen LogP contribution < -0.4 is 15.4 Å². The number of benzene rings is 1. The molecule has 146 valence electrons. The van der Waals surface area contributed by atoms with Gasteiger partial charge in [-0.2, -0.15) is 4.39 Å². The molecule has 4 heterocycles. The summed E-state index contributed by atoms with van der Waals surface area (Å²) in [6.45, 7) is 0.220. The fourth-order valence-corrected chi connectivity index (χ4v) is 3.76. The van der Waals surface area contributed by atoms with Crippen LogP contribution in [0.25, 0.3) is 11.1 Å². The average molecular weight is 391 g/mol. The van der Waals surface area contributed by atoms with E-state index in [-0.39, 0.29) is 12.6 Å². The minimum Gasteiger partial charge on any atom is -0.462 e. The van der Waals surface area contributed by atoms with Gasteiger partial charge in [-0.3, -0.25) is 0 Å². The van der Waals surface area contributed by atoms with E-state index in [1.807, 2.05) is 31.1 Å². The van der Waals surface area contributed by atoms with Gasteiger partial charge < -0.3 is 20.1 Å². The predicted molar refractivity (Wildman–Crippen MR) is 107 cm³/mol. The van der Waals surface area contributed by atoms with Crippen molar-refractivity contribution >= 4 is 11.8 Å². The van der Waals surface area contributed by atoms with Gasteiger partial charge in [-0.15, -0.1) is 0 Å². The van der Waals surface area contributed by atoms with Gasteiger partial charge in [0.1, 0.15) is 18.2 Å². The quantitative estimate of drug-likeness (QED) is 0.676. The van der Waals surface area contributed by atoms with Crippen LogP contribution in [0.5, 0.6) is 11.5 Å². The average Bonchev–Trinajstić information content (AvgIpc) is 3.10. The van der Waals surface area contributed by atoms with Crippen LogP contribution in [0, 0.1) is 5.95 Å². The number of aliphatic imine (C=N–C) groups is 1. The van der Waals surface area contributed by atoms with E-state index < -0.39 is 11.5 Å². The monoisotopic (exact) mass is 391 g/mol. The molecule has 3 aromatic rings. The lowest BCUT2D eigenvalue weighted by Crippen LogP contribution is -2.31. The zero-order valence-corrected chi connectivity index (χ0v) is 15.9. The Morgan fingerprint density at radius 1 is 1.10 bits per heavy atom. The Morgan fingerprint density at radius 2 is 1.93 bits per heavy atom. The second-order valence-electron chi connectivity index (χ2n) is 7.19. The van der Waals surface area contributed by atoms with E-state index in [4.69, 9.17) is 15.2 Å². The first-order valence-corrected chi connectivity index (χ1v) is 9.07. The maximum atomic E-state index is 14.3. The zero-order chi connectivity index (χ0) is 20.2. The van der Waals surface area contributed by atoms with Gasteiger partial charge in [0, 0.05) is 37.0 Å². The van der Waals surface area contributed by atoms with Crippen molar-refractivity contribution in [2.24, 2.45) is 10.7 Å². The molecule has 5 rings (SSSR count). The maximum absolute atomic E-state index is 14.3. The number of pyridine rings is 2. The smallest absolute Gasteiger partial charge is 0.283 e. The predicted octanol–water partition coefficient (Wildman–Crippen LogP) is 3.04. The number of hydrogen-bond acceptors (Lipinski definition) is 7. The van der Waals surface area contributed by atoms with Crippen molar-refractivity contribution in [3.8, 4) is 22.6 Å². The summed E-state index contributed by atoms with van der Waals surface area (Å²) in [6.07, 6.45) is 3.09. The molecule has 0 saturated carbocycles. The highest BCUT2D eigenvalue weighted by Crippen LogP contribution is 2.52. The highest BCUT2D eigenvalue weighted by molar-refractivity contribution is 5.78. The number of amidine groups is 1. The molecule has 29 heavy (non-hydrogen) atoms. The molecule has 2 aromatic heterocycles. The summed E-state index contributed by atoms with van der Waals surface area (Å²) in [5.74, 6) is 1.41. The molecule has 0 bridgehead atoms. The topological polar surface area (TPSA) is 85.9 Å². The molecule has 0 unspecified atom stereocenters. The molecule has 1 atom stereocenters. The second kappa shape index (κ2) is 6.16. The summed E-state index contributed by atoms with van der Waals surface area (Å²) in [4.78, 5) is 14.7. The number of anilines is 1. The van der Waals surface area contributed by atoms with E-state index in [2.05, 4.69) is 15.0 Å². The van der Waals surface area contributed by atoms with Crippen molar-refractivity contribution in [2.45, 2.75) is 5.54 Å². The van der Waals surface area contributed by atoms with Crippen molar-refractivity contribution in [3.63, 3.8) is 0 Å². The second-order valence-corrected chi connectivity index (χ2v) is 7.19. The normalized spacial score (nSPS) is 19.1. The number of aromatic nitrogens is 2. The molecule has 1 aromatic carbocycles. The summed E-state index contributed by atoms with van der Waals surface area (Å²) < 4.78 is 26.0. The Labute approximate surface area is 166 Å². The number of ether oxygens (including phenoxy) is 2. The van der Waals surface area contributed by atoms with Gasteiger partial charge in [0.2, 0.25) is 5.95 Å². The van der Waals surface area contributed by atoms with E-state index in [0.29, 0.717) is 22.6 Å². The van der Waals surface area contributed by atoms with Crippen LogP contribution in [0.3, 0.4) is 0 Å². The van der Waals surface area contributed by atoms with E-state index >= 15 is 0 Å². The van der Waals surface area contributed by atoms with Crippen LogP contribution in [-0.2, 0) is 10.3 Å². The number of nitrogens with two attached hydrogens (primary N) is 1. The van der Waals surface area contributed by atoms with Crippen LogP contribution in [-0.4, -0.2) is 36.7 Å². The van der Waals surface area contributed by atoms with Gasteiger partial charge in [-0.05, 0) is 35.9 Å². The Kier molecular flexibility index (Phi) is 3.70. The molecule has 0 aliphatic carbocycles. The van der Waals surface area contributed by atoms with Gasteiger partial charge >= 0.3 is 0 Å². The Hall–Kier alpha value is -3.68. The van der Waals surface area contributed by atoms with Crippen molar-refractivity contribution in [2.75, 3.05) is 25.6 Å². The lowest BCUT2D eigenvalue weighted by Gasteiger charge is -2.34. The molecule has 0 fully saturated rings. The van der Waals surface area contributed by atoms with Gasteiger partial charge in [-0.1, -0.05) is 6.07 Å². The van der Waals surface area contributed by atoms with Crippen LogP contribution in [0.15, 0.2) is 53.8 Å². The minimum atomic E-state index is -0.893. The molecular formula is C21H18FN5O2. The fourth-order valence-electron chi connectivity index (χ4n) is 3.76. The molecule has 0 radical (unpaired) electrons. The Morgan fingerprint density at radius 3 is 2.66 bits per heavy atom. The highest BCUT2D eigenvalue weighted by atomic mass is 19.1. The van der Waals surface area contributed by atoms with Crippen molar-refractivity contribution < 1.29 is 13.9 Å². The Balaban J connectivity index is 1.74. The zero-order valence-electron chi connectivity index (χ0n) is 15.9. The number of hydrogen-bond donors (Lipinski definition) is 1. The number of nitrogens with zero attached hydrogens (tertiary/aromatic N) is 4. The first-order chi connectivity index (χ1) is 14.0. The SMILES string of the molecule is CN(C)c1cc2c(cn1)Oc1ccc(-c3cccnc3F)cc1[C@@]21COC(N)=N1. The van der Waals surface area contributed by atoms with Gasteiger partial charge in [0.15, 0.2) is 11.3 Å². The standard InChI is InChI=1S/C21H18FN5O2/c1-27(2)18-9-15-17(10-25-18)29-16-6-5-12(13-4-3-7-24-19(13)22)8-14(16)21(15)11-28-20(23)26-21/h3-10H,11H2,1-2H3,(H2,23,26)/t21-/m0/s1. The van der Waals surface area contributed by atoms with Crippen molar-refractivity contribution in [1.82, 2.24) is 9.97 Å². The molecule has 7 nitrogen and oxygen atoms in total. The van der Waals surface area contributed by atoms with E-state index in [0.717, 1.165) is 16.9 Å². The first kappa shape index (κ1) is 17.4. The third kappa shape index (κ3) is 2.60. The third-order valence-corrected chi connectivity index (χ3v) is 5.20. The molecule has 2 aliphatic rings. The summed E-state index contributed by atoms with van der Waals surface area (Å²) >= 11 is 0. The molecule has 2 N–H and O–H groups in total. The van der Waals surface area contributed by atoms with Crippen LogP contribution >= 0.6 is 0 Å². The van der Waals surface area contributed by atoms with E-state index in [1.54, 1.807) is 30.5 Å². The first-order valence-electron chi connectivity index (χ1n) is 9.07. The maximum Gasteiger partial charge on any atom is 0.283 e. The summed E-state index contributed by atoms with van der Waals surface area (Å²) in [7, 11) is 3.82. The van der Waals surface area contributed by atoms with Gasteiger partial charge in [-0.25, -0.2) is 15.0 Å². The van der Waals surface area contributed by atoms with Crippen LogP contribution in [0.2, 0.25) is 0 Å². The van der Waals surface area contributed by atoms with E-state index in [1.165, 1.54) is 6.20 Å². The lowest BCUT2D eigenvalue weighted by atomic mass is 9.81. The van der Waals surface area contributed by atoms with Crippen molar-refractivity contribution in [3.05, 3.63) is 65.9 Å². The lowest BCUT2D eigenvalue weighted by molar-refractivity contribution is 0.264. The number of halogens is 1. The highest BCUT2D eigenvalue weighted by Gasteiger charge is 2.47. The van der Waals surface area contributed by atoms with Crippen LogP contribution in [0.4, 0.5) is 10.2 Å². The largest absolute Gasteiger partial charge is 0.462 e. The summed E-state index contributed by atoms with van der Waals surface area (Å²) in [6, 6.07) is 10.9. The number of fused-ring (bicyclic) bond motifs is 4. The van der Waals surface area contributed by atoms with Gasteiger partial charge in [0.05, 0.1) is 6.20 Å². The summed E-state index contributed by atoms with van der Waals surface area (Å²) in [5, 5.41) is 0. The van der Waals surface area contributed by atoms with E-state index in [9.17, 15) is 4.39 Å². The molecule has 0 saturated heterocycles. The molecule has 0 amide bonds.